The number of carbonyl (C=O) groups excluding carboxylic acids is 1. The summed E-state index contributed by atoms with van der Waals surface area (Å²) in [7, 11) is 0. The van der Waals surface area contributed by atoms with Gasteiger partial charge in [-0.2, -0.15) is 0 Å². The first-order valence-electron chi connectivity index (χ1n) is 22.3. The third kappa shape index (κ3) is 16.1. The first-order chi connectivity index (χ1) is 28.8. The Morgan fingerprint density at radius 2 is 0.950 bits per heavy atom. The largest absolute Gasteiger partial charge is 0.394 e. The Bertz CT molecular complexity index is 1140. The highest BCUT2D eigenvalue weighted by Gasteiger charge is 2.53. The number of ether oxygens (including phenoxy) is 6. The molecule has 3 heterocycles. The van der Waals surface area contributed by atoms with E-state index >= 15 is 0 Å². The average Bonchev–Trinajstić information content (AvgIpc) is 3.24. The Kier molecular flexibility index (Phi) is 25.3. The normalized spacial score (nSPS) is 35.9. The molecule has 3 saturated heterocycles. The van der Waals surface area contributed by atoms with Gasteiger partial charge in [0.1, 0.15) is 73.2 Å². The highest BCUT2D eigenvalue weighted by Crippen LogP contribution is 2.33. The number of hydrogen-bond donors (Lipinski definition) is 12. The van der Waals surface area contributed by atoms with E-state index in [1.807, 2.05) is 6.92 Å². The first kappa shape index (κ1) is 53.1. The topological polar surface area (TPSA) is 307 Å². The van der Waals surface area contributed by atoms with Crippen molar-refractivity contribution in [1.82, 2.24) is 5.32 Å². The molecule has 0 aromatic rings. The molecule has 17 atom stereocenters. The van der Waals surface area contributed by atoms with Crippen molar-refractivity contribution in [3.05, 3.63) is 0 Å². The van der Waals surface area contributed by atoms with Crippen LogP contribution < -0.4 is 5.32 Å². The van der Waals surface area contributed by atoms with Gasteiger partial charge in [-0.1, -0.05) is 104 Å². The lowest BCUT2D eigenvalue weighted by atomic mass is 9.96. The van der Waals surface area contributed by atoms with Crippen LogP contribution in [0.3, 0.4) is 0 Å². The molecule has 0 spiro atoms. The molecular weight excluding hydrogens is 794 g/mol. The molecule has 19 heteroatoms. The van der Waals surface area contributed by atoms with Gasteiger partial charge in [-0.15, -0.1) is 0 Å². The number of nitrogens with one attached hydrogen (secondary N) is 1. The molecule has 0 aromatic heterocycles. The summed E-state index contributed by atoms with van der Waals surface area (Å²) in [5.41, 5.74) is 0. The van der Waals surface area contributed by atoms with Crippen molar-refractivity contribution in [2.24, 2.45) is 0 Å². The number of carbonyl (C=O) groups is 1. The molecular formula is C41H77NO18. The Morgan fingerprint density at radius 1 is 0.533 bits per heavy atom. The van der Waals surface area contributed by atoms with E-state index < -0.39 is 124 Å². The van der Waals surface area contributed by atoms with Crippen LogP contribution in [0.5, 0.6) is 0 Å². The van der Waals surface area contributed by atoms with Gasteiger partial charge < -0.3 is 89.9 Å². The number of amides is 1. The summed E-state index contributed by atoms with van der Waals surface area (Å²) in [6, 6.07) is -0.873. The molecule has 3 rings (SSSR count). The van der Waals surface area contributed by atoms with Crippen LogP contribution in [0.15, 0.2) is 0 Å². The van der Waals surface area contributed by atoms with Gasteiger partial charge in [0, 0.05) is 6.42 Å². The molecule has 3 aliphatic heterocycles. The summed E-state index contributed by atoms with van der Waals surface area (Å²) in [6.45, 7) is 1.54. The van der Waals surface area contributed by atoms with Crippen molar-refractivity contribution in [1.29, 1.82) is 0 Å². The number of unbranched alkanes of at least 4 members (excludes halogenated alkanes) is 13. The molecule has 1 amide bonds. The first-order valence-corrected chi connectivity index (χ1v) is 22.3. The van der Waals surface area contributed by atoms with E-state index in [1.54, 1.807) is 0 Å². The minimum atomic E-state index is -1.96. The molecule has 0 bridgehead atoms. The smallest absolute Gasteiger partial charge is 0.220 e. The standard InChI is InChI=1S/C41H77NO18/c1-3-5-7-8-9-10-11-12-13-14-15-17-18-25(46)24(42-29(47)19-16-6-4-2)23-55-39-35(53)32(50)37(27(21-44)57-39)60-41-36(54)33(51)38(28(22-45)58-41)59-40-34(52)31(49)30(48)26(20-43)56-40/h24-28,30-41,43-46,48-54H,3-23H2,1-2H3,(H,42,47). The Hall–Kier alpha value is -1.21. The van der Waals surface area contributed by atoms with Crippen molar-refractivity contribution in [2.75, 3.05) is 26.4 Å². The molecule has 17 unspecified atom stereocenters. The Morgan fingerprint density at radius 3 is 1.45 bits per heavy atom. The third-order valence-electron chi connectivity index (χ3n) is 11.7. The van der Waals surface area contributed by atoms with Gasteiger partial charge in [0.2, 0.25) is 5.91 Å². The lowest BCUT2D eigenvalue weighted by Crippen LogP contribution is -2.66. The van der Waals surface area contributed by atoms with Crippen LogP contribution >= 0.6 is 0 Å². The van der Waals surface area contributed by atoms with E-state index in [-0.39, 0.29) is 18.9 Å². The molecule has 0 radical (unpaired) electrons. The number of hydrogen-bond acceptors (Lipinski definition) is 18. The van der Waals surface area contributed by atoms with Gasteiger partial charge >= 0.3 is 0 Å². The van der Waals surface area contributed by atoms with Gasteiger partial charge in [0.25, 0.3) is 0 Å². The summed E-state index contributed by atoms with van der Waals surface area (Å²) in [6.07, 6.45) is -9.41. The van der Waals surface area contributed by atoms with E-state index in [9.17, 15) is 61.0 Å². The zero-order valence-corrected chi connectivity index (χ0v) is 35.4. The van der Waals surface area contributed by atoms with Gasteiger partial charge in [-0.05, 0) is 12.8 Å². The summed E-state index contributed by atoms with van der Waals surface area (Å²) in [4.78, 5) is 12.8. The van der Waals surface area contributed by atoms with E-state index in [2.05, 4.69) is 12.2 Å². The second kappa shape index (κ2) is 28.6. The van der Waals surface area contributed by atoms with Gasteiger partial charge in [0.15, 0.2) is 18.9 Å². The third-order valence-corrected chi connectivity index (χ3v) is 11.7. The second-order valence-electron chi connectivity index (χ2n) is 16.5. The van der Waals surface area contributed by atoms with Crippen LogP contribution in [-0.2, 0) is 33.2 Å². The predicted molar refractivity (Wildman–Crippen MR) is 213 cm³/mol. The monoisotopic (exact) mass is 872 g/mol. The lowest BCUT2D eigenvalue weighted by Gasteiger charge is -2.48. The molecule has 354 valence electrons. The summed E-state index contributed by atoms with van der Waals surface area (Å²) >= 11 is 0. The van der Waals surface area contributed by atoms with Crippen LogP contribution in [0, 0.1) is 0 Å². The second-order valence-corrected chi connectivity index (χ2v) is 16.5. The van der Waals surface area contributed by atoms with E-state index in [1.165, 1.54) is 51.4 Å². The van der Waals surface area contributed by atoms with Crippen LogP contribution in [-0.4, -0.2) is 193 Å². The van der Waals surface area contributed by atoms with Crippen molar-refractivity contribution in [3.63, 3.8) is 0 Å². The fourth-order valence-corrected chi connectivity index (χ4v) is 7.84. The summed E-state index contributed by atoms with van der Waals surface area (Å²) < 4.78 is 33.9. The molecule has 19 nitrogen and oxygen atoms in total. The zero-order chi connectivity index (χ0) is 44.2. The Balaban J connectivity index is 1.56. The summed E-state index contributed by atoms with van der Waals surface area (Å²) in [5, 5.41) is 119. The van der Waals surface area contributed by atoms with E-state index in [0.717, 1.165) is 38.5 Å². The summed E-state index contributed by atoms with van der Waals surface area (Å²) in [5.74, 6) is -0.270. The zero-order valence-electron chi connectivity index (χ0n) is 35.4. The SMILES string of the molecule is CCCCCCCCCCCCCCC(O)C(COC1OC(CO)C(OC2OC(CO)C(OC3OC(CO)C(O)C(O)C3O)C(O)C2O)C(O)C1O)NC(=O)CCCCC. The molecule has 0 aliphatic carbocycles. The van der Waals surface area contributed by atoms with Gasteiger partial charge in [-0.3, -0.25) is 4.79 Å². The molecule has 0 aromatic carbocycles. The highest BCUT2D eigenvalue weighted by molar-refractivity contribution is 5.76. The molecule has 60 heavy (non-hydrogen) atoms. The number of aliphatic hydroxyl groups is 11. The average molecular weight is 872 g/mol. The van der Waals surface area contributed by atoms with E-state index in [4.69, 9.17) is 28.4 Å². The maximum Gasteiger partial charge on any atom is 0.220 e. The Labute approximate surface area is 353 Å². The van der Waals surface area contributed by atoms with Crippen molar-refractivity contribution < 1.29 is 89.4 Å². The van der Waals surface area contributed by atoms with Crippen LogP contribution in [0.25, 0.3) is 0 Å². The van der Waals surface area contributed by atoms with Crippen molar-refractivity contribution in [3.8, 4) is 0 Å². The van der Waals surface area contributed by atoms with Crippen molar-refractivity contribution >= 4 is 5.91 Å². The van der Waals surface area contributed by atoms with Crippen LogP contribution in [0.2, 0.25) is 0 Å². The maximum atomic E-state index is 12.8. The van der Waals surface area contributed by atoms with E-state index in [0.29, 0.717) is 12.8 Å². The lowest BCUT2D eigenvalue weighted by molar-refractivity contribution is -0.379. The van der Waals surface area contributed by atoms with Crippen molar-refractivity contribution in [2.45, 2.75) is 227 Å². The van der Waals surface area contributed by atoms with Crippen LogP contribution in [0.1, 0.15) is 123 Å². The minimum absolute atomic E-state index is 0.254. The van der Waals surface area contributed by atoms with Gasteiger partial charge in [-0.25, -0.2) is 0 Å². The maximum absolute atomic E-state index is 12.8. The fraction of sp³-hybridized carbons (Fsp3) is 0.976. The number of aliphatic hydroxyl groups excluding tert-OH is 11. The molecule has 3 aliphatic rings. The minimum Gasteiger partial charge on any atom is -0.394 e. The number of rotatable bonds is 29. The fourth-order valence-electron chi connectivity index (χ4n) is 7.84. The predicted octanol–water partition coefficient (Wildman–Crippen LogP) is -1.03. The van der Waals surface area contributed by atoms with Gasteiger partial charge in [0.05, 0.1) is 38.6 Å². The quantitative estimate of drug-likeness (QED) is 0.0400. The molecule has 12 N–H and O–H groups in total. The molecule has 0 saturated carbocycles. The highest BCUT2D eigenvalue weighted by atomic mass is 16.8. The van der Waals surface area contributed by atoms with Crippen LogP contribution in [0.4, 0.5) is 0 Å². The molecule has 3 fully saturated rings.